The molecule has 3 rings (SSSR count). The first-order valence-corrected chi connectivity index (χ1v) is 10.7. The second-order valence-corrected chi connectivity index (χ2v) is 7.64. The van der Waals surface area contributed by atoms with Crippen LogP contribution in [0.3, 0.4) is 0 Å². The minimum Gasteiger partial charge on any atom is -0.490 e. The molecular formula is C22H36IN3O3. The number of guanidine groups is 1. The van der Waals surface area contributed by atoms with Crippen LogP contribution in [0.5, 0.6) is 5.75 Å². The van der Waals surface area contributed by atoms with Gasteiger partial charge < -0.3 is 24.8 Å². The van der Waals surface area contributed by atoms with E-state index in [2.05, 4.69) is 33.8 Å². The highest BCUT2D eigenvalue weighted by Crippen LogP contribution is 2.26. The summed E-state index contributed by atoms with van der Waals surface area (Å²) in [5.74, 6) is 2.37. The van der Waals surface area contributed by atoms with E-state index < -0.39 is 0 Å². The van der Waals surface area contributed by atoms with E-state index in [-0.39, 0.29) is 24.0 Å². The van der Waals surface area contributed by atoms with E-state index in [0.29, 0.717) is 18.6 Å². The molecule has 6 nitrogen and oxygen atoms in total. The van der Waals surface area contributed by atoms with Crippen LogP contribution >= 0.6 is 24.0 Å². The predicted octanol–water partition coefficient (Wildman–Crippen LogP) is 3.73. The van der Waals surface area contributed by atoms with Gasteiger partial charge in [0.05, 0.1) is 19.3 Å². The lowest BCUT2D eigenvalue weighted by Gasteiger charge is -2.18. The van der Waals surface area contributed by atoms with Crippen molar-refractivity contribution < 1.29 is 14.2 Å². The van der Waals surface area contributed by atoms with E-state index in [1.807, 2.05) is 6.07 Å². The lowest BCUT2D eigenvalue weighted by atomic mass is 10.1. The maximum Gasteiger partial charge on any atom is 0.191 e. The Balaban J connectivity index is 0.00000300. The maximum absolute atomic E-state index is 6.21. The molecule has 0 radical (unpaired) electrons. The van der Waals surface area contributed by atoms with Gasteiger partial charge in [-0.3, -0.25) is 4.99 Å². The van der Waals surface area contributed by atoms with Crippen LogP contribution in [0, 0.1) is 5.92 Å². The number of benzene rings is 1. The normalized spacial score (nSPS) is 19.8. The smallest absolute Gasteiger partial charge is 0.191 e. The molecule has 1 aromatic carbocycles. The Hall–Kier alpha value is -1.06. The monoisotopic (exact) mass is 517 g/mol. The highest BCUT2D eigenvalue weighted by molar-refractivity contribution is 14.0. The van der Waals surface area contributed by atoms with Crippen LogP contribution in [0.1, 0.15) is 44.1 Å². The number of rotatable bonds is 10. The molecule has 1 saturated heterocycles. The predicted molar refractivity (Wildman–Crippen MR) is 127 cm³/mol. The Labute approximate surface area is 192 Å². The summed E-state index contributed by atoms with van der Waals surface area (Å²) in [5, 5.41) is 6.74. The van der Waals surface area contributed by atoms with Crippen molar-refractivity contribution in [1.82, 2.24) is 10.6 Å². The van der Waals surface area contributed by atoms with E-state index in [1.165, 1.54) is 31.2 Å². The third kappa shape index (κ3) is 8.68. The minimum absolute atomic E-state index is 0. The van der Waals surface area contributed by atoms with E-state index in [4.69, 9.17) is 14.2 Å². The molecule has 0 amide bonds. The largest absolute Gasteiger partial charge is 0.490 e. The molecule has 1 aromatic rings. The number of ether oxygens (including phenoxy) is 3. The van der Waals surface area contributed by atoms with Crippen molar-refractivity contribution >= 4 is 29.9 Å². The molecule has 0 aromatic heterocycles. The number of nitrogens with one attached hydrogen (secondary N) is 2. The van der Waals surface area contributed by atoms with Crippen LogP contribution in [0.25, 0.3) is 0 Å². The van der Waals surface area contributed by atoms with Crippen LogP contribution in [0.2, 0.25) is 0 Å². The zero-order valence-corrected chi connectivity index (χ0v) is 19.9. The molecule has 1 atom stereocenters. The van der Waals surface area contributed by atoms with Crippen molar-refractivity contribution in [3.05, 3.63) is 29.8 Å². The second kappa shape index (κ2) is 14.0. The first-order valence-electron chi connectivity index (χ1n) is 10.7. The van der Waals surface area contributed by atoms with Gasteiger partial charge in [-0.1, -0.05) is 18.2 Å². The Morgan fingerprint density at radius 3 is 2.76 bits per heavy atom. The molecule has 29 heavy (non-hydrogen) atoms. The van der Waals surface area contributed by atoms with Gasteiger partial charge in [0.15, 0.2) is 5.96 Å². The second-order valence-electron chi connectivity index (χ2n) is 7.64. The summed E-state index contributed by atoms with van der Waals surface area (Å²) in [7, 11) is 1.80. The molecule has 164 valence electrons. The van der Waals surface area contributed by atoms with Gasteiger partial charge in [0.1, 0.15) is 5.75 Å². The summed E-state index contributed by atoms with van der Waals surface area (Å²) in [6, 6.07) is 8.28. The summed E-state index contributed by atoms with van der Waals surface area (Å²) in [5.41, 5.74) is 1.17. The van der Waals surface area contributed by atoms with Gasteiger partial charge in [0, 0.05) is 44.8 Å². The summed E-state index contributed by atoms with van der Waals surface area (Å²) in [6.45, 7) is 4.83. The standard InChI is InChI=1S/C22H35N3O3.HI/c1-23-22(24-12-6-13-26-16-18-11-14-27-17-18)25-15-19-7-2-5-10-21(19)28-20-8-3-4-9-20;/h2,5,7,10,18,20H,3-4,6,8-9,11-17H2,1H3,(H2,23,24,25);1H. The van der Waals surface area contributed by atoms with E-state index in [1.54, 1.807) is 7.05 Å². The zero-order chi connectivity index (χ0) is 19.4. The van der Waals surface area contributed by atoms with Gasteiger partial charge in [-0.25, -0.2) is 0 Å². The van der Waals surface area contributed by atoms with Gasteiger partial charge in [0.2, 0.25) is 0 Å². The molecule has 7 heteroatoms. The van der Waals surface area contributed by atoms with Gasteiger partial charge in [-0.05, 0) is 44.6 Å². The first-order chi connectivity index (χ1) is 13.8. The molecule has 0 spiro atoms. The maximum atomic E-state index is 6.21. The number of para-hydroxylation sites is 1. The van der Waals surface area contributed by atoms with E-state index >= 15 is 0 Å². The Kier molecular flexibility index (Phi) is 11.7. The molecule has 1 unspecified atom stereocenters. The Morgan fingerprint density at radius 1 is 1.17 bits per heavy atom. The minimum atomic E-state index is 0. The van der Waals surface area contributed by atoms with Crippen LogP contribution in [-0.2, 0) is 16.0 Å². The fraction of sp³-hybridized carbons (Fsp3) is 0.682. The third-order valence-electron chi connectivity index (χ3n) is 5.37. The quantitative estimate of drug-likeness (QED) is 0.214. The fourth-order valence-electron chi connectivity index (χ4n) is 3.70. The molecule has 1 saturated carbocycles. The average Bonchev–Trinajstić information content (AvgIpc) is 3.42. The highest BCUT2D eigenvalue weighted by atomic mass is 127. The number of halogens is 1. The molecule has 2 fully saturated rings. The topological polar surface area (TPSA) is 64.1 Å². The van der Waals surface area contributed by atoms with Crippen molar-refractivity contribution in [3.8, 4) is 5.75 Å². The summed E-state index contributed by atoms with van der Waals surface area (Å²) >= 11 is 0. The fourth-order valence-corrected chi connectivity index (χ4v) is 3.70. The van der Waals surface area contributed by atoms with Crippen LogP contribution in [0.4, 0.5) is 0 Å². The molecule has 0 bridgehead atoms. The van der Waals surface area contributed by atoms with Crippen molar-refractivity contribution in [1.29, 1.82) is 0 Å². The van der Waals surface area contributed by atoms with Gasteiger partial charge in [-0.2, -0.15) is 0 Å². The Morgan fingerprint density at radius 2 is 2.00 bits per heavy atom. The number of aliphatic imine (C=N–C) groups is 1. The van der Waals surface area contributed by atoms with Crippen LogP contribution in [0.15, 0.2) is 29.3 Å². The van der Waals surface area contributed by atoms with E-state index in [9.17, 15) is 0 Å². The number of hydrogen-bond acceptors (Lipinski definition) is 4. The molecule has 1 aliphatic heterocycles. The van der Waals surface area contributed by atoms with Crippen molar-refractivity contribution in [3.63, 3.8) is 0 Å². The number of nitrogens with zero attached hydrogens (tertiary/aromatic N) is 1. The van der Waals surface area contributed by atoms with Gasteiger partial charge >= 0.3 is 0 Å². The van der Waals surface area contributed by atoms with Gasteiger partial charge in [0.25, 0.3) is 0 Å². The van der Waals surface area contributed by atoms with Crippen LogP contribution in [-0.4, -0.2) is 52.1 Å². The molecule has 2 aliphatic rings. The lowest BCUT2D eigenvalue weighted by molar-refractivity contribution is 0.0888. The number of hydrogen-bond donors (Lipinski definition) is 2. The Bertz CT molecular complexity index is 603. The molecular weight excluding hydrogens is 481 g/mol. The van der Waals surface area contributed by atoms with Gasteiger partial charge in [-0.15, -0.1) is 24.0 Å². The van der Waals surface area contributed by atoms with Crippen molar-refractivity contribution in [2.24, 2.45) is 10.9 Å². The van der Waals surface area contributed by atoms with Crippen LogP contribution < -0.4 is 15.4 Å². The highest BCUT2D eigenvalue weighted by Gasteiger charge is 2.18. The summed E-state index contributed by atoms with van der Waals surface area (Å²) < 4.78 is 17.3. The summed E-state index contributed by atoms with van der Waals surface area (Å²) in [4.78, 5) is 4.31. The molecule has 1 aliphatic carbocycles. The van der Waals surface area contributed by atoms with Crippen molar-refractivity contribution in [2.75, 3.05) is 40.0 Å². The zero-order valence-electron chi connectivity index (χ0n) is 17.5. The lowest BCUT2D eigenvalue weighted by Crippen LogP contribution is -2.37. The van der Waals surface area contributed by atoms with E-state index in [0.717, 1.165) is 57.5 Å². The third-order valence-corrected chi connectivity index (χ3v) is 5.37. The average molecular weight is 517 g/mol. The molecule has 1 heterocycles. The van der Waals surface area contributed by atoms with Crippen molar-refractivity contribution in [2.45, 2.75) is 51.2 Å². The SMILES string of the molecule is CN=C(NCCCOCC1CCOC1)NCc1ccccc1OC1CCCC1.I. The first kappa shape index (κ1) is 24.2. The summed E-state index contributed by atoms with van der Waals surface area (Å²) in [6.07, 6.45) is 7.34. The molecule has 2 N–H and O–H groups in total.